The number of aliphatic hydroxyl groups excluding tert-OH is 1. The van der Waals surface area contributed by atoms with Crippen LogP contribution < -0.4 is 4.74 Å². The molecule has 0 spiro atoms. The van der Waals surface area contributed by atoms with E-state index in [-0.39, 0.29) is 12.0 Å². The zero-order valence-corrected chi connectivity index (χ0v) is 15.7. The Bertz CT molecular complexity index is 536. The molecule has 0 saturated carbocycles. The van der Waals surface area contributed by atoms with Gasteiger partial charge in [-0.1, -0.05) is 43.4 Å². The first-order chi connectivity index (χ1) is 10.3. The van der Waals surface area contributed by atoms with Crippen LogP contribution in [0.25, 0.3) is 0 Å². The van der Waals surface area contributed by atoms with Gasteiger partial charge in [-0.2, -0.15) is 0 Å². The van der Waals surface area contributed by atoms with Crippen LogP contribution in [-0.2, 0) is 20.9 Å². The summed E-state index contributed by atoms with van der Waals surface area (Å²) >= 11 is 6.85. The molecule has 124 valence electrons. The van der Waals surface area contributed by atoms with Crippen LogP contribution in [0, 0.1) is 12.3 Å². The van der Waals surface area contributed by atoms with Crippen molar-refractivity contribution in [2.45, 2.75) is 26.9 Å². The highest BCUT2D eigenvalue weighted by Gasteiger charge is 2.34. The third-order valence-electron chi connectivity index (χ3n) is 3.18. The Morgan fingerprint density at radius 2 is 2.00 bits per heavy atom. The highest BCUT2D eigenvalue weighted by Crippen LogP contribution is 2.64. The zero-order chi connectivity index (χ0) is 16.2. The first-order valence-electron chi connectivity index (χ1n) is 7.20. The van der Waals surface area contributed by atoms with Gasteiger partial charge in [-0.25, -0.2) is 0 Å². The molecular formula is C15H23O4PS2. The summed E-state index contributed by atoms with van der Waals surface area (Å²) in [6.45, 7) is 7.59. The lowest BCUT2D eigenvalue weighted by atomic mass is 9.97. The summed E-state index contributed by atoms with van der Waals surface area (Å²) < 4.78 is 17.1. The summed E-state index contributed by atoms with van der Waals surface area (Å²) in [5, 5.41) is 10.1. The average molecular weight is 362 g/mol. The van der Waals surface area contributed by atoms with E-state index in [2.05, 4.69) is 13.8 Å². The molecule has 1 heterocycles. The fourth-order valence-electron chi connectivity index (χ4n) is 1.79. The maximum absolute atomic E-state index is 10.1. The summed E-state index contributed by atoms with van der Waals surface area (Å²) in [6.07, 6.45) is -0.605. The van der Waals surface area contributed by atoms with Gasteiger partial charge in [0, 0.05) is 11.2 Å². The average Bonchev–Trinajstić information content (AvgIpc) is 2.48. The van der Waals surface area contributed by atoms with Crippen LogP contribution in [-0.4, -0.2) is 36.8 Å². The summed E-state index contributed by atoms with van der Waals surface area (Å²) in [6, 6.07) is 7.75. The van der Waals surface area contributed by atoms with Gasteiger partial charge in [0.25, 0.3) is 0 Å². The first-order valence-corrected chi connectivity index (χ1v) is 11.4. The number of ether oxygens (including phenoxy) is 1. The lowest BCUT2D eigenvalue weighted by Crippen LogP contribution is -2.29. The molecule has 7 heteroatoms. The zero-order valence-electron chi connectivity index (χ0n) is 13.2. The molecule has 0 amide bonds. The predicted octanol–water partition coefficient (Wildman–Crippen LogP) is 3.77. The maximum Gasteiger partial charge on any atom is 0.247 e. The van der Waals surface area contributed by atoms with E-state index in [4.69, 9.17) is 25.6 Å². The molecule has 1 atom stereocenters. The molecule has 1 aliphatic rings. The van der Waals surface area contributed by atoms with Crippen molar-refractivity contribution in [2.24, 2.45) is 5.41 Å². The van der Waals surface area contributed by atoms with Crippen LogP contribution in [0.15, 0.2) is 24.3 Å². The smallest absolute Gasteiger partial charge is 0.247 e. The van der Waals surface area contributed by atoms with E-state index in [0.29, 0.717) is 19.0 Å². The molecule has 1 saturated heterocycles. The van der Waals surface area contributed by atoms with Crippen molar-refractivity contribution < 1.29 is 18.9 Å². The molecule has 2 rings (SSSR count). The Morgan fingerprint density at radius 3 is 2.64 bits per heavy atom. The van der Waals surface area contributed by atoms with E-state index in [9.17, 15) is 5.11 Å². The van der Waals surface area contributed by atoms with Gasteiger partial charge < -0.3 is 18.9 Å². The Balaban J connectivity index is 1.75. The largest absolute Gasteiger partial charge is 0.491 e. The third kappa shape index (κ3) is 5.52. The molecule has 1 unspecified atom stereocenters. The van der Waals surface area contributed by atoms with E-state index in [1.165, 1.54) is 11.4 Å². The normalized spacial score (nSPS) is 21.3. The number of para-hydroxylation sites is 1. The molecule has 1 aliphatic heterocycles. The van der Waals surface area contributed by atoms with Crippen LogP contribution in [0.1, 0.15) is 19.4 Å². The van der Waals surface area contributed by atoms with E-state index in [1.807, 2.05) is 31.2 Å². The number of aryl methyl sites for hydroxylation is 1. The molecule has 1 N–H and O–H groups in total. The van der Waals surface area contributed by atoms with Gasteiger partial charge in [0.2, 0.25) is 5.69 Å². The predicted molar refractivity (Wildman–Crippen MR) is 95.1 cm³/mol. The summed E-state index contributed by atoms with van der Waals surface area (Å²) in [5.74, 6) is 1.24. The van der Waals surface area contributed by atoms with Crippen molar-refractivity contribution >= 4 is 28.9 Å². The van der Waals surface area contributed by atoms with E-state index in [1.54, 1.807) is 0 Å². The molecular weight excluding hydrogens is 339 g/mol. The standard InChI is InChI=1S/C15H23O4PS2/c1-12-6-4-5-7-14(12)17-8-13(16)9-22-20(21)18-10-15(2,3)11-19-20/h4-7,13,16H,8-11H2,1-3H3. The van der Waals surface area contributed by atoms with Crippen LogP contribution in [0.5, 0.6) is 5.75 Å². The second-order valence-corrected chi connectivity index (χ2v) is 12.5. The second-order valence-electron chi connectivity index (χ2n) is 6.18. The molecule has 1 fully saturated rings. The van der Waals surface area contributed by atoms with Gasteiger partial charge in [-0.15, -0.1) is 0 Å². The summed E-state index contributed by atoms with van der Waals surface area (Å²) in [5.41, 5.74) is -1.26. The Morgan fingerprint density at radius 1 is 1.36 bits per heavy atom. The van der Waals surface area contributed by atoms with Crippen molar-refractivity contribution in [1.29, 1.82) is 0 Å². The fraction of sp³-hybridized carbons (Fsp3) is 0.600. The minimum atomic E-state index is -2.32. The topological polar surface area (TPSA) is 47.9 Å². The van der Waals surface area contributed by atoms with Gasteiger partial charge in [0.1, 0.15) is 12.4 Å². The molecule has 22 heavy (non-hydrogen) atoms. The Kier molecular flexibility index (Phi) is 6.34. The van der Waals surface area contributed by atoms with E-state index < -0.39 is 11.8 Å². The van der Waals surface area contributed by atoms with Crippen LogP contribution >= 0.6 is 17.1 Å². The maximum atomic E-state index is 10.1. The number of hydrogen-bond donors (Lipinski definition) is 1. The van der Waals surface area contributed by atoms with Crippen LogP contribution in [0.4, 0.5) is 0 Å². The van der Waals surface area contributed by atoms with Crippen LogP contribution in [0.2, 0.25) is 0 Å². The van der Waals surface area contributed by atoms with Crippen molar-refractivity contribution in [2.75, 3.05) is 25.6 Å². The number of hydrogen-bond acceptors (Lipinski definition) is 6. The lowest BCUT2D eigenvalue weighted by molar-refractivity contribution is 0.0670. The third-order valence-corrected chi connectivity index (χ3v) is 8.53. The molecule has 0 aromatic heterocycles. The highest BCUT2D eigenvalue weighted by atomic mass is 32.9. The monoisotopic (exact) mass is 362 g/mol. The Hall–Kier alpha value is -0.100. The minimum absolute atomic E-state index is 0.00936. The van der Waals surface area contributed by atoms with Gasteiger partial charge >= 0.3 is 0 Å². The minimum Gasteiger partial charge on any atom is -0.491 e. The SMILES string of the molecule is Cc1ccccc1OCC(O)CSP1(=S)OCC(C)(C)CO1. The second kappa shape index (κ2) is 7.65. The Labute approximate surface area is 141 Å². The fourth-order valence-corrected chi connectivity index (χ4v) is 6.17. The summed E-state index contributed by atoms with van der Waals surface area (Å²) in [7, 11) is 0. The van der Waals surface area contributed by atoms with E-state index >= 15 is 0 Å². The number of benzene rings is 1. The quantitative estimate of drug-likeness (QED) is 0.778. The van der Waals surface area contributed by atoms with Crippen molar-refractivity contribution in [3.05, 3.63) is 29.8 Å². The van der Waals surface area contributed by atoms with Crippen LogP contribution in [0.3, 0.4) is 0 Å². The van der Waals surface area contributed by atoms with Crippen molar-refractivity contribution in [3.63, 3.8) is 0 Å². The first kappa shape index (κ1) is 18.2. The number of rotatable bonds is 6. The molecule has 0 radical (unpaired) electrons. The molecule has 1 aromatic carbocycles. The highest BCUT2D eigenvalue weighted by molar-refractivity contribution is 8.67. The molecule has 0 bridgehead atoms. The van der Waals surface area contributed by atoms with Crippen molar-refractivity contribution in [1.82, 2.24) is 0 Å². The lowest BCUT2D eigenvalue weighted by Gasteiger charge is -2.36. The van der Waals surface area contributed by atoms with Gasteiger partial charge in [0.15, 0.2) is 0 Å². The summed E-state index contributed by atoms with van der Waals surface area (Å²) in [4.78, 5) is 0. The van der Waals surface area contributed by atoms with Gasteiger partial charge in [-0.3, -0.25) is 0 Å². The molecule has 4 nitrogen and oxygen atoms in total. The molecule has 1 aromatic rings. The molecule has 0 aliphatic carbocycles. The van der Waals surface area contributed by atoms with Crippen molar-refractivity contribution in [3.8, 4) is 5.75 Å². The van der Waals surface area contributed by atoms with E-state index in [0.717, 1.165) is 11.3 Å². The number of aliphatic hydroxyl groups is 1. The van der Waals surface area contributed by atoms with Gasteiger partial charge in [0.05, 0.1) is 19.3 Å². The van der Waals surface area contributed by atoms with Gasteiger partial charge in [-0.05, 0) is 30.4 Å².